The van der Waals surface area contributed by atoms with E-state index in [-0.39, 0.29) is 17.4 Å². The van der Waals surface area contributed by atoms with Crippen LogP contribution < -0.4 is 11.1 Å². The molecule has 9 heteroatoms. The van der Waals surface area contributed by atoms with Crippen molar-refractivity contribution in [1.29, 1.82) is 0 Å². The monoisotopic (exact) mass is 457 g/mol. The Bertz CT molecular complexity index is 1380. The largest absolute Gasteiger partial charge is 0.367 e. The van der Waals surface area contributed by atoms with E-state index in [1.54, 1.807) is 18.5 Å². The van der Waals surface area contributed by atoms with Crippen molar-refractivity contribution in [3.05, 3.63) is 84.3 Å². The van der Waals surface area contributed by atoms with Crippen molar-refractivity contribution < 1.29 is 4.39 Å². The molecule has 3 N–H and O–H groups in total. The number of hydrogen-bond donors (Lipinski definition) is 2. The van der Waals surface area contributed by atoms with Gasteiger partial charge in [0, 0.05) is 47.7 Å². The summed E-state index contributed by atoms with van der Waals surface area (Å²) in [6.45, 7) is 0.501. The highest BCUT2D eigenvalue weighted by Crippen LogP contribution is 2.37. The number of pyridine rings is 1. The number of anilines is 1. The highest BCUT2D eigenvalue weighted by Gasteiger charge is 2.18. The fourth-order valence-electron chi connectivity index (χ4n) is 3.57. The van der Waals surface area contributed by atoms with E-state index in [4.69, 9.17) is 10.7 Å². The predicted octanol–water partition coefficient (Wildman–Crippen LogP) is 4.33. The molecule has 0 saturated carbocycles. The molecule has 33 heavy (non-hydrogen) atoms. The minimum absolute atomic E-state index is 0.125. The van der Waals surface area contributed by atoms with Crippen molar-refractivity contribution in [2.75, 3.05) is 11.9 Å². The van der Waals surface area contributed by atoms with E-state index in [0.29, 0.717) is 17.9 Å². The minimum Gasteiger partial charge on any atom is -0.367 e. The molecule has 0 fully saturated rings. The first kappa shape index (κ1) is 21.0. The minimum atomic E-state index is -0.483. The molecule has 7 nitrogen and oxygen atoms in total. The van der Waals surface area contributed by atoms with Gasteiger partial charge in [0.2, 0.25) is 0 Å². The molecule has 1 aromatic carbocycles. The van der Waals surface area contributed by atoms with Gasteiger partial charge in [-0.2, -0.15) is 0 Å². The number of rotatable bonds is 7. The molecule has 1 unspecified atom stereocenters. The Morgan fingerprint density at radius 1 is 0.970 bits per heavy atom. The Morgan fingerprint density at radius 2 is 1.79 bits per heavy atom. The van der Waals surface area contributed by atoms with Crippen molar-refractivity contribution in [2.45, 2.75) is 12.5 Å². The molecule has 0 aliphatic rings. The number of aromatic nitrogens is 5. The smallest absolute Gasteiger partial charge is 0.165 e. The van der Waals surface area contributed by atoms with Gasteiger partial charge in [0.25, 0.3) is 0 Å². The Hall–Kier alpha value is -3.82. The fourth-order valence-corrected chi connectivity index (χ4v) is 4.55. The average Bonchev–Trinajstić information content (AvgIpc) is 3.28. The summed E-state index contributed by atoms with van der Waals surface area (Å²) in [6, 6.07) is 11.5. The zero-order chi connectivity index (χ0) is 22.6. The van der Waals surface area contributed by atoms with E-state index < -0.39 is 5.82 Å². The third-order valence-corrected chi connectivity index (χ3v) is 6.15. The van der Waals surface area contributed by atoms with Crippen molar-refractivity contribution in [3.8, 4) is 22.5 Å². The Labute approximate surface area is 193 Å². The third kappa shape index (κ3) is 4.55. The normalized spacial score (nSPS) is 12.1. The summed E-state index contributed by atoms with van der Waals surface area (Å²) in [6.07, 6.45) is 8.34. The Balaban J connectivity index is 1.52. The van der Waals surface area contributed by atoms with Crippen LogP contribution in [0.5, 0.6) is 0 Å². The first-order valence-corrected chi connectivity index (χ1v) is 11.2. The number of nitrogens with one attached hydrogen (secondary N) is 1. The van der Waals surface area contributed by atoms with Gasteiger partial charge in [-0.25, -0.2) is 24.3 Å². The summed E-state index contributed by atoms with van der Waals surface area (Å²) in [7, 11) is 0. The highest BCUT2D eigenvalue weighted by atomic mass is 32.1. The molecule has 164 valence electrons. The van der Waals surface area contributed by atoms with Crippen LogP contribution in [0.4, 0.5) is 10.2 Å². The van der Waals surface area contributed by atoms with E-state index in [0.717, 1.165) is 28.4 Å². The van der Waals surface area contributed by atoms with Crippen LogP contribution in [-0.2, 0) is 6.42 Å². The van der Waals surface area contributed by atoms with Crippen molar-refractivity contribution in [3.63, 3.8) is 0 Å². The van der Waals surface area contributed by atoms with E-state index in [2.05, 4.69) is 37.4 Å². The second kappa shape index (κ2) is 9.35. The van der Waals surface area contributed by atoms with Gasteiger partial charge in [-0.1, -0.05) is 30.3 Å². The van der Waals surface area contributed by atoms with E-state index >= 15 is 0 Å². The third-order valence-electron chi connectivity index (χ3n) is 5.17. The van der Waals surface area contributed by atoms with Crippen LogP contribution in [-0.4, -0.2) is 37.5 Å². The maximum absolute atomic E-state index is 14.5. The second-order valence-electron chi connectivity index (χ2n) is 7.54. The quantitative estimate of drug-likeness (QED) is 0.375. The number of nitrogens with zero attached hydrogens (tertiary/aromatic N) is 5. The number of hydrogen-bond acceptors (Lipinski definition) is 8. The van der Waals surface area contributed by atoms with Crippen molar-refractivity contribution >= 4 is 27.4 Å². The Morgan fingerprint density at radius 3 is 2.58 bits per heavy atom. The molecule has 4 aromatic heterocycles. The molecule has 1 atom stereocenters. The van der Waals surface area contributed by atoms with Crippen molar-refractivity contribution in [1.82, 2.24) is 24.9 Å². The van der Waals surface area contributed by atoms with Gasteiger partial charge in [0.15, 0.2) is 11.6 Å². The van der Waals surface area contributed by atoms with Gasteiger partial charge >= 0.3 is 0 Å². The summed E-state index contributed by atoms with van der Waals surface area (Å²) in [4.78, 5) is 21.4. The zero-order valence-corrected chi connectivity index (χ0v) is 18.3. The molecule has 0 amide bonds. The van der Waals surface area contributed by atoms with Crippen LogP contribution >= 0.6 is 11.3 Å². The predicted molar refractivity (Wildman–Crippen MR) is 128 cm³/mol. The van der Waals surface area contributed by atoms with Crippen LogP contribution in [0, 0.1) is 5.82 Å². The molecule has 5 aromatic rings. The number of nitrogens with two attached hydrogens (primary N) is 1. The summed E-state index contributed by atoms with van der Waals surface area (Å²) < 4.78 is 15.4. The topological polar surface area (TPSA) is 102 Å². The maximum Gasteiger partial charge on any atom is 0.165 e. The number of thiophene rings is 1. The molecule has 0 saturated heterocycles. The van der Waals surface area contributed by atoms with Gasteiger partial charge in [-0.15, -0.1) is 11.3 Å². The molecular formula is C24H20FN7S. The van der Waals surface area contributed by atoms with E-state index in [1.807, 2.05) is 23.6 Å². The number of fused-ring (bicyclic) bond motifs is 1. The average molecular weight is 458 g/mol. The van der Waals surface area contributed by atoms with Crippen molar-refractivity contribution in [2.24, 2.45) is 5.73 Å². The standard InChI is InChI=1S/C24H20FN7S/c25-20-12-27-7-6-18(20)23-31-21-19(16-9-28-14-29-10-16)13-33-22(21)24(32-23)30-11-17(26)8-15-4-2-1-3-5-15/h1-7,9-10,12-14,17H,8,11,26H2,(H,30,31,32). The molecule has 0 aliphatic heterocycles. The van der Waals surface area contributed by atoms with Crippen LogP contribution in [0.3, 0.4) is 0 Å². The number of benzene rings is 1. The molecule has 5 rings (SSSR count). The lowest BCUT2D eigenvalue weighted by Crippen LogP contribution is -2.31. The highest BCUT2D eigenvalue weighted by molar-refractivity contribution is 7.18. The van der Waals surface area contributed by atoms with Crippen LogP contribution in [0.15, 0.2) is 72.9 Å². The maximum atomic E-state index is 14.5. The second-order valence-corrected chi connectivity index (χ2v) is 8.42. The van der Waals surface area contributed by atoms with Crippen LogP contribution in [0.2, 0.25) is 0 Å². The fraction of sp³-hybridized carbons (Fsp3) is 0.125. The summed E-state index contributed by atoms with van der Waals surface area (Å²) in [5.41, 5.74) is 10.2. The number of halogens is 1. The molecule has 0 radical (unpaired) electrons. The molecular weight excluding hydrogens is 437 g/mol. The lowest BCUT2D eigenvalue weighted by atomic mass is 10.1. The van der Waals surface area contributed by atoms with Crippen LogP contribution in [0.25, 0.3) is 32.7 Å². The molecule has 0 aliphatic carbocycles. The van der Waals surface area contributed by atoms with Gasteiger partial charge < -0.3 is 11.1 Å². The summed E-state index contributed by atoms with van der Waals surface area (Å²) >= 11 is 1.51. The lowest BCUT2D eigenvalue weighted by Gasteiger charge is -2.15. The molecule has 4 heterocycles. The van der Waals surface area contributed by atoms with Gasteiger partial charge in [-0.05, 0) is 18.1 Å². The first-order chi connectivity index (χ1) is 16.2. The Kier molecular flexibility index (Phi) is 5.97. The summed E-state index contributed by atoms with van der Waals surface area (Å²) in [5.74, 6) is 0.407. The van der Waals surface area contributed by atoms with E-state index in [1.165, 1.54) is 29.4 Å². The lowest BCUT2D eigenvalue weighted by molar-refractivity contribution is 0.623. The SMILES string of the molecule is NC(CNc1nc(-c2ccncc2F)nc2c(-c3cncnc3)csc12)Cc1ccccc1. The molecule has 0 spiro atoms. The van der Waals surface area contributed by atoms with Gasteiger partial charge in [0.05, 0.1) is 22.0 Å². The van der Waals surface area contributed by atoms with Crippen LogP contribution in [0.1, 0.15) is 5.56 Å². The van der Waals surface area contributed by atoms with Gasteiger partial charge in [0.1, 0.15) is 12.1 Å². The summed E-state index contributed by atoms with van der Waals surface area (Å²) in [5, 5.41) is 5.35. The zero-order valence-electron chi connectivity index (χ0n) is 17.5. The molecule has 0 bridgehead atoms. The first-order valence-electron chi connectivity index (χ1n) is 10.4. The van der Waals surface area contributed by atoms with E-state index in [9.17, 15) is 4.39 Å². The van der Waals surface area contributed by atoms with Gasteiger partial charge in [-0.3, -0.25) is 4.98 Å².